The maximum Gasteiger partial charge on any atom is 0.264 e. The summed E-state index contributed by atoms with van der Waals surface area (Å²) < 4.78 is 21.1. The maximum absolute atomic E-state index is 14.1. The molecular weight excluding hydrogens is 309 g/mol. The van der Waals surface area contributed by atoms with Crippen molar-refractivity contribution in [1.29, 1.82) is 0 Å². The lowest BCUT2D eigenvalue weighted by atomic mass is 10.2. The number of benzene rings is 1. The van der Waals surface area contributed by atoms with Gasteiger partial charge >= 0.3 is 0 Å². The minimum atomic E-state index is -0.532. The quantitative estimate of drug-likeness (QED) is 0.739. The fourth-order valence-electron chi connectivity index (χ4n) is 3.40. The van der Waals surface area contributed by atoms with Gasteiger partial charge in [0.1, 0.15) is 17.0 Å². The van der Waals surface area contributed by atoms with Crippen molar-refractivity contribution in [2.75, 3.05) is 13.1 Å². The number of aromatic nitrogens is 2. The fourth-order valence-corrected chi connectivity index (χ4v) is 3.40. The highest BCUT2D eigenvalue weighted by atomic mass is 19.1. The lowest BCUT2D eigenvalue weighted by Gasteiger charge is -2.26. The highest BCUT2D eigenvalue weighted by Crippen LogP contribution is 2.27. The summed E-state index contributed by atoms with van der Waals surface area (Å²) in [6.45, 7) is 2.33. The third-order valence-corrected chi connectivity index (χ3v) is 4.63. The summed E-state index contributed by atoms with van der Waals surface area (Å²) >= 11 is 0. The van der Waals surface area contributed by atoms with Gasteiger partial charge in [0, 0.05) is 6.54 Å². The van der Waals surface area contributed by atoms with Crippen molar-refractivity contribution in [3.63, 3.8) is 0 Å². The average molecular weight is 327 g/mol. The van der Waals surface area contributed by atoms with Gasteiger partial charge < -0.3 is 4.42 Å². The van der Waals surface area contributed by atoms with Crippen molar-refractivity contribution >= 4 is 10.9 Å². The Morgan fingerprint density at radius 3 is 2.79 bits per heavy atom. The highest BCUT2D eigenvalue weighted by Gasteiger charge is 2.26. The summed E-state index contributed by atoms with van der Waals surface area (Å²) in [4.78, 5) is 19.2. The van der Waals surface area contributed by atoms with E-state index in [0.29, 0.717) is 12.1 Å². The third-order valence-electron chi connectivity index (χ3n) is 4.63. The first-order chi connectivity index (χ1) is 11.7. The molecule has 1 aliphatic heterocycles. The van der Waals surface area contributed by atoms with E-state index in [4.69, 9.17) is 4.42 Å². The van der Waals surface area contributed by atoms with Gasteiger partial charge in [-0.25, -0.2) is 9.37 Å². The van der Waals surface area contributed by atoms with Crippen molar-refractivity contribution in [1.82, 2.24) is 14.5 Å². The second-order valence-electron chi connectivity index (χ2n) is 6.11. The van der Waals surface area contributed by atoms with E-state index in [9.17, 15) is 9.18 Å². The minimum absolute atomic E-state index is 0.0413. The van der Waals surface area contributed by atoms with Gasteiger partial charge in [-0.15, -0.1) is 0 Å². The summed E-state index contributed by atoms with van der Waals surface area (Å²) in [5, 5.41) is 0.0413. The topological polar surface area (TPSA) is 51.3 Å². The van der Waals surface area contributed by atoms with E-state index in [1.54, 1.807) is 18.4 Å². The Morgan fingerprint density at radius 2 is 2.04 bits per heavy atom. The van der Waals surface area contributed by atoms with Crippen LogP contribution in [0.5, 0.6) is 0 Å². The molecule has 0 saturated carbocycles. The van der Waals surface area contributed by atoms with Crippen molar-refractivity contribution < 1.29 is 8.81 Å². The molecule has 3 heterocycles. The number of hydrogen-bond acceptors (Lipinski definition) is 4. The second-order valence-corrected chi connectivity index (χ2v) is 6.11. The first kappa shape index (κ1) is 15.1. The Hall–Kier alpha value is -2.47. The molecule has 24 heavy (non-hydrogen) atoms. The molecule has 2 aromatic heterocycles. The van der Waals surface area contributed by atoms with E-state index in [2.05, 4.69) is 9.88 Å². The number of halogens is 1. The smallest absolute Gasteiger partial charge is 0.264 e. The van der Waals surface area contributed by atoms with Crippen LogP contribution in [-0.4, -0.2) is 27.5 Å². The Labute approximate surface area is 138 Å². The molecule has 1 saturated heterocycles. The predicted molar refractivity (Wildman–Crippen MR) is 88.2 cm³/mol. The fraction of sp³-hybridized carbons (Fsp3) is 0.333. The molecule has 0 unspecified atom stereocenters. The first-order valence-corrected chi connectivity index (χ1v) is 8.15. The molecule has 4 rings (SSSR count). The number of nitrogens with zero attached hydrogens (tertiary/aromatic N) is 3. The van der Waals surface area contributed by atoms with Crippen LogP contribution in [0.25, 0.3) is 10.9 Å². The van der Waals surface area contributed by atoms with Crippen LogP contribution in [0.2, 0.25) is 0 Å². The van der Waals surface area contributed by atoms with Crippen LogP contribution < -0.4 is 5.56 Å². The largest absolute Gasteiger partial charge is 0.468 e. The van der Waals surface area contributed by atoms with E-state index in [1.807, 2.05) is 12.1 Å². The molecule has 0 N–H and O–H groups in total. The van der Waals surface area contributed by atoms with Crippen molar-refractivity contribution in [2.24, 2.45) is 0 Å². The molecular formula is C18H18FN3O2. The van der Waals surface area contributed by atoms with Crippen LogP contribution in [-0.2, 0) is 6.54 Å². The number of likely N-dealkylation sites (tertiary alicyclic amines) is 1. The van der Waals surface area contributed by atoms with E-state index in [0.717, 1.165) is 31.7 Å². The van der Waals surface area contributed by atoms with E-state index < -0.39 is 5.82 Å². The van der Waals surface area contributed by atoms with Gasteiger partial charge in [-0.2, -0.15) is 0 Å². The number of furan rings is 1. The molecule has 6 heteroatoms. The molecule has 0 spiro atoms. The third kappa shape index (κ3) is 2.63. The van der Waals surface area contributed by atoms with E-state index >= 15 is 0 Å². The Morgan fingerprint density at radius 1 is 1.21 bits per heavy atom. The zero-order valence-corrected chi connectivity index (χ0v) is 13.2. The van der Waals surface area contributed by atoms with Crippen molar-refractivity contribution in [3.05, 3.63) is 64.9 Å². The molecule has 124 valence electrons. The van der Waals surface area contributed by atoms with E-state index in [-0.39, 0.29) is 17.0 Å². The zero-order valence-electron chi connectivity index (χ0n) is 13.2. The molecule has 0 aliphatic carbocycles. The van der Waals surface area contributed by atoms with Crippen LogP contribution in [0.15, 0.2) is 52.1 Å². The molecule has 3 aromatic rings. The highest BCUT2D eigenvalue weighted by molar-refractivity contribution is 5.77. The number of rotatable bonds is 4. The van der Waals surface area contributed by atoms with Gasteiger partial charge in [0.05, 0.1) is 24.1 Å². The van der Waals surface area contributed by atoms with Crippen molar-refractivity contribution in [3.8, 4) is 0 Å². The predicted octanol–water partition coefficient (Wildman–Crippen LogP) is 2.97. The summed E-state index contributed by atoms with van der Waals surface area (Å²) in [5.41, 5.74) is 0.0285. The van der Waals surface area contributed by atoms with E-state index in [1.165, 1.54) is 17.0 Å². The summed E-state index contributed by atoms with van der Waals surface area (Å²) in [6.07, 6.45) is 5.41. The lowest BCUT2D eigenvalue weighted by Crippen LogP contribution is -2.33. The maximum atomic E-state index is 14.1. The van der Waals surface area contributed by atoms with Gasteiger partial charge in [-0.05, 0) is 50.2 Å². The van der Waals surface area contributed by atoms with Crippen LogP contribution >= 0.6 is 0 Å². The van der Waals surface area contributed by atoms with Crippen molar-refractivity contribution in [2.45, 2.75) is 25.4 Å². The molecule has 5 nitrogen and oxygen atoms in total. The van der Waals surface area contributed by atoms with Crippen LogP contribution in [0.3, 0.4) is 0 Å². The monoisotopic (exact) mass is 327 g/mol. The van der Waals surface area contributed by atoms with Gasteiger partial charge in [0.25, 0.3) is 5.56 Å². The SMILES string of the molecule is O=c1c2c(F)cccc2ncn1C[C@H](c1ccco1)N1CCCC1. The Bertz CT molecular complexity index is 898. The molecule has 1 aromatic carbocycles. The van der Waals surface area contributed by atoms with Crippen LogP contribution in [0.1, 0.15) is 24.6 Å². The van der Waals surface area contributed by atoms with Gasteiger partial charge in [-0.1, -0.05) is 6.07 Å². The number of fused-ring (bicyclic) bond motifs is 1. The van der Waals surface area contributed by atoms with Gasteiger partial charge in [-0.3, -0.25) is 14.3 Å². The molecule has 1 atom stereocenters. The summed E-state index contributed by atoms with van der Waals surface area (Å²) in [6, 6.07) is 8.22. The number of hydrogen-bond donors (Lipinski definition) is 0. The standard InChI is InChI=1S/C18H18FN3O2/c19-13-5-3-6-14-17(13)18(23)22(12-20-14)11-15(16-7-4-10-24-16)21-8-1-2-9-21/h3-7,10,12,15H,1-2,8-9,11H2/t15-/m1/s1. The molecule has 0 amide bonds. The normalized spacial score (nSPS) is 16.7. The van der Waals surface area contributed by atoms with Crippen LogP contribution in [0.4, 0.5) is 4.39 Å². The molecule has 0 bridgehead atoms. The van der Waals surface area contributed by atoms with Gasteiger partial charge in [0.15, 0.2) is 0 Å². The second kappa shape index (κ2) is 6.20. The average Bonchev–Trinajstić information content (AvgIpc) is 3.28. The summed E-state index contributed by atoms with van der Waals surface area (Å²) in [7, 11) is 0. The lowest BCUT2D eigenvalue weighted by molar-refractivity contribution is 0.192. The van der Waals surface area contributed by atoms with Gasteiger partial charge in [0.2, 0.25) is 0 Å². The summed E-state index contributed by atoms with van der Waals surface area (Å²) in [5.74, 6) is 0.285. The zero-order chi connectivity index (χ0) is 16.5. The minimum Gasteiger partial charge on any atom is -0.468 e. The first-order valence-electron chi connectivity index (χ1n) is 8.15. The molecule has 1 fully saturated rings. The van der Waals surface area contributed by atoms with Crippen LogP contribution in [0, 0.1) is 5.82 Å². The Kier molecular flexibility index (Phi) is 3.90. The molecule has 0 radical (unpaired) electrons. The molecule has 1 aliphatic rings. The Balaban J connectivity index is 1.75.